The molecule has 4 aliphatic rings. The first-order chi connectivity index (χ1) is 24.2. The SMILES string of the molecule is CCn1ncc(C(=O)N2C[C@@H]3C[C@H]2CO3)c1C1=Cc2cc(OC)ccc2-c2c(C3CCCCC3)c3ccc(C(=O)NS(=O)C(C)C)cc3n2C1. The third-order valence-electron chi connectivity index (χ3n) is 11.0. The molecule has 2 saturated heterocycles. The van der Waals surface area contributed by atoms with Gasteiger partial charge in [0.1, 0.15) is 16.7 Å². The highest BCUT2D eigenvalue weighted by atomic mass is 32.2. The quantitative estimate of drug-likeness (QED) is 0.224. The third-order valence-corrected chi connectivity index (χ3v) is 12.3. The van der Waals surface area contributed by atoms with Gasteiger partial charge in [0, 0.05) is 40.4 Å². The summed E-state index contributed by atoms with van der Waals surface area (Å²) in [6.45, 7) is 7.95. The van der Waals surface area contributed by atoms with Gasteiger partial charge >= 0.3 is 0 Å². The summed E-state index contributed by atoms with van der Waals surface area (Å²) in [4.78, 5) is 29.7. The minimum Gasteiger partial charge on any atom is -0.497 e. The largest absolute Gasteiger partial charge is 0.497 e. The molecule has 8 rings (SSSR count). The van der Waals surface area contributed by atoms with E-state index >= 15 is 0 Å². The van der Waals surface area contributed by atoms with Crippen molar-refractivity contribution in [2.24, 2.45) is 0 Å². The molecular weight excluding hydrogens is 651 g/mol. The summed E-state index contributed by atoms with van der Waals surface area (Å²) in [6.07, 6.45) is 10.7. The van der Waals surface area contributed by atoms with E-state index in [4.69, 9.17) is 14.6 Å². The number of aromatic nitrogens is 3. The predicted molar refractivity (Wildman–Crippen MR) is 195 cm³/mol. The Morgan fingerprint density at radius 2 is 1.92 bits per heavy atom. The van der Waals surface area contributed by atoms with E-state index in [1.54, 1.807) is 13.3 Å². The Hall–Kier alpha value is -4.22. The molecule has 5 heterocycles. The zero-order valence-corrected chi connectivity index (χ0v) is 30.1. The van der Waals surface area contributed by atoms with Crippen molar-refractivity contribution in [2.45, 2.75) is 95.7 Å². The van der Waals surface area contributed by atoms with E-state index in [-0.39, 0.29) is 29.2 Å². The maximum Gasteiger partial charge on any atom is 0.263 e. The highest BCUT2D eigenvalue weighted by Gasteiger charge is 2.43. The summed E-state index contributed by atoms with van der Waals surface area (Å²) in [6, 6.07) is 12.2. The van der Waals surface area contributed by atoms with Gasteiger partial charge in [-0.3, -0.25) is 19.0 Å². The topological polar surface area (TPSA) is 108 Å². The number of aryl methyl sites for hydroxylation is 1. The molecule has 1 N–H and O–H groups in total. The zero-order chi connectivity index (χ0) is 34.7. The van der Waals surface area contributed by atoms with Crippen LogP contribution in [0.25, 0.3) is 33.8 Å². The molecule has 1 saturated carbocycles. The van der Waals surface area contributed by atoms with Gasteiger partial charge in [-0.2, -0.15) is 5.10 Å². The van der Waals surface area contributed by atoms with Crippen LogP contribution in [0.15, 0.2) is 42.6 Å². The number of nitrogens with one attached hydrogen (secondary N) is 1. The molecule has 262 valence electrons. The van der Waals surface area contributed by atoms with Crippen molar-refractivity contribution in [1.82, 2.24) is 24.0 Å². The molecular formula is C39H45N5O5S. The maximum absolute atomic E-state index is 14.3. The van der Waals surface area contributed by atoms with Crippen LogP contribution < -0.4 is 9.46 Å². The summed E-state index contributed by atoms with van der Waals surface area (Å²) in [5, 5.41) is 5.67. The third kappa shape index (κ3) is 5.58. The smallest absolute Gasteiger partial charge is 0.263 e. The van der Waals surface area contributed by atoms with Crippen molar-refractivity contribution in [3.8, 4) is 17.0 Å². The highest BCUT2D eigenvalue weighted by Crippen LogP contribution is 2.48. The second-order valence-electron chi connectivity index (χ2n) is 14.3. The predicted octanol–water partition coefficient (Wildman–Crippen LogP) is 6.55. The zero-order valence-electron chi connectivity index (χ0n) is 29.2. The van der Waals surface area contributed by atoms with E-state index in [1.807, 2.05) is 48.6 Å². The molecule has 3 fully saturated rings. The van der Waals surface area contributed by atoms with Crippen molar-refractivity contribution >= 4 is 45.4 Å². The normalized spacial score (nSPS) is 20.8. The van der Waals surface area contributed by atoms with Gasteiger partial charge in [0.15, 0.2) is 0 Å². The number of nitrogens with zero attached hydrogens (tertiary/aromatic N) is 4. The Labute approximate surface area is 295 Å². The number of allylic oxidation sites excluding steroid dienone is 1. The molecule has 2 aromatic heterocycles. The van der Waals surface area contributed by atoms with Crippen molar-refractivity contribution in [3.05, 3.63) is 70.5 Å². The summed E-state index contributed by atoms with van der Waals surface area (Å²) in [5.74, 6) is 0.764. The molecule has 0 spiro atoms. The van der Waals surface area contributed by atoms with Gasteiger partial charge in [-0.05, 0) is 99.1 Å². The fourth-order valence-electron chi connectivity index (χ4n) is 8.52. The van der Waals surface area contributed by atoms with Gasteiger partial charge in [-0.15, -0.1) is 0 Å². The van der Waals surface area contributed by atoms with Crippen molar-refractivity contribution in [2.75, 3.05) is 20.3 Å². The summed E-state index contributed by atoms with van der Waals surface area (Å²) < 4.78 is 31.2. The van der Waals surface area contributed by atoms with Crippen LogP contribution in [0.3, 0.4) is 0 Å². The molecule has 2 bridgehead atoms. The fourth-order valence-corrected chi connectivity index (χ4v) is 9.05. The van der Waals surface area contributed by atoms with Crippen LogP contribution in [0.5, 0.6) is 5.75 Å². The van der Waals surface area contributed by atoms with E-state index in [9.17, 15) is 13.8 Å². The van der Waals surface area contributed by atoms with Crippen LogP contribution in [0.2, 0.25) is 0 Å². The summed E-state index contributed by atoms with van der Waals surface area (Å²) in [5.41, 5.74) is 8.34. The summed E-state index contributed by atoms with van der Waals surface area (Å²) in [7, 11) is 0.191. The lowest BCUT2D eigenvalue weighted by atomic mass is 9.81. The number of amides is 2. The number of fused-ring (bicyclic) bond motifs is 7. The first-order valence-electron chi connectivity index (χ1n) is 18.0. The van der Waals surface area contributed by atoms with Crippen LogP contribution in [-0.4, -0.2) is 72.9 Å². The second kappa shape index (κ2) is 13.2. The number of carbonyl (C=O) groups excluding carboxylic acids is 2. The highest BCUT2D eigenvalue weighted by molar-refractivity contribution is 7.84. The number of morpholine rings is 1. The molecule has 4 aromatic rings. The van der Waals surface area contributed by atoms with Crippen LogP contribution >= 0.6 is 0 Å². The molecule has 50 heavy (non-hydrogen) atoms. The van der Waals surface area contributed by atoms with Gasteiger partial charge in [0.05, 0.1) is 55.6 Å². The number of benzene rings is 2. The monoisotopic (exact) mass is 695 g/mol. The Bertz CT molecular complexity index is 2050. The lowest BCUT2D eigenvalue weighted by Gasteiger charge is -2.27. The van der Waals surface area contributed by atoms with Crippen molar-refractivity contribution < 1.29 is 23.3 Å². The average Bonchev–Trinajstić information content (AvgIpc) is 3.92. The van der Waals surface area contributed by atoms with Gasteiger partial charge in [-0.1, -0.05) is 25.3 Å². The molecule has 1 aliphatic carbocycles. The number of methoxy groups -OCH3 is 1. The molecule has 1 unspecified atom stereocenters. The average molecular weight is 696 g/mol. The Morgan fingerprint density at radius 3 is 2.62 bits per heavy atom. The Kier molecular flexibility index (Phi) is 8.67. The second-order valence-corrected chi connectivity index (χ2v) is 16.1. The number of hydrogen-bond donors (Lipinski definition) is 1. The van der Waals surface area contributed by atoms with Gasteiger partial charge in [0.2, 0.25) is 0 Å². The van der Waals surface area contributed by atoms with Gasteiger partial charge in [-0.25, -0.2) is 4.21 Å². The summed E-state index contributed by atoms with van der Waals surface area (Å²) >= 11 is 0. The minimum absolute atomic E-state index is 0.0101. The first kappa shape index (κ1) is 33.0. The lowest BCUT2D eigenvalue weighted by Crippen LogP contribution is -2.41. The molecule has 0 radical (unpaired) electrons. The number of hydrogen-bond acceptors (Lipinski definition) is 6. The van der Waals surface area contributed by atoms with Crippen LogP contribution in [0, 0.1) is 0 Å². The Morgan fingerprint density at radius 1 is 1.10 bits per heavy atom. The number of rotatable bonds is 8. The van der Waals surface area contributed by atoms with Crippen molar-refractivity contribution in [1.29, 1.82) is 0 Å². The van der Waals surface area contributed by atoms with Crippen molar-refractivity contribution in [3.63, 3.8) is 0 Å². The van der Waals surface area contributed by atoms with E-state index in [2.05, 4.69) is 33.6 Å². The van der Waals surface area contributed by atoms with Gasteiger partial charge in [0.25, 0.3) is 11.8 Å². The lowest BCUT2D eigenvalue weighted by molar-refractivity contribution is 0.0259. The Balaban J connectivity index is 1.34. The van der Waals surface area contributed by atoms with Crippen LogP contribution in [-0.2, 0) is 28.8 Å². The number of likely N-dealkylation sites (tertiary alicyclic amines) is 1. The van der Waals surface area contributed by atoms with E-state index in [1.165, 1.54) is 24.8 Å². The molecule has 3 aliphatic heterocycles. The first-order valence-corrected chi connectivity index (χ1v) is 19.2. The number of carbonyl (C=O) groups is 2. The molecule has 2 amide bonds. The van der Waals surface area contributed by atoms with Crippen LogP contribution in [0.1, 0.15) is 103 Å². The molecule has 2 aromatic carbocycles. The number of ether oxygens (including phenoxy) is 2. The van der Waals surface area contributed by atoms with E-state index in [0.717, 1.165) is 64.0 Å². The van der Waals surface area contributed by atoms with Crippen LogP contribution in [0.4, 0.5) is 0 Å². The van der Waals surface area contributed by atoms with E-state index < -0.39 is 11.0 Å². The van der Waals surface area contributed by atoms with Gasteiger partial charge < -0.3 is 18.9 Å². The standard InChI is InChI=1S/C39H45N5O5S/c1-5-44-36(33(19-40-44)39(46)42-21-30-18-28(42)22-49-30)27-15-26-16-29(48-4)12-14-31(26)37-35(24-9-7-6-8-10-24)32-13-11-25(17-34(32)43(37)20-27)38(45)41-50(47)23(2)3/h11-17,19,23-24,28,30H,5-10,18,20-22H2,1-4H3,(H,41,45)/t28-,30-,50?/m0/s1. The molecule has 11 heteroatoms. The fraction of sp³-hybridized carbons (Fsp3) is 0.462. The molecule has 10 nitrogen and oxygen atoms in total. The minimum atomic E-state index is -1.49. The maximum atomic E-state index is 14.3. The van der Waals surface area contributed by atoms with E-state index in [0.29, 0.717) is 43.3 Å². The molecule has 3 atom stereocenters.